The largest absolute Gasteiger partial charge is 0.495 e. The lowest BCUT2D eigenvalue weighted by Crippen LogP contribution is -2.47. The van der Waals surface area contributed by atoms with Crippen LogP contribution in [0.3, 0.4) is 0 Å². The summed E-state index contributed by atoms with van der Waals surface area (Å²) in [6, 6.07) is 8.54. The fourth-order valence-corrected chi connectivity index (χ4v) is 2.49. The number of rotatable bonds is 5. The number of nitrogens with two attached hydrogens (primary N) is 1. The predicted octanol–water partition coefficient (Wildman–Crippen LogP) is 1.55. The highest BCUT2D eigenvalue weighted by molar-refractivity contribution is 5.58. The summed E-state index contributed by atoms with van der Waals surface area (Å²) in [5, 5.41) is 0. The Balaban J connectivity index is 1.89. The van der Waals surface area contributed by atoms with Crippen molar-refractivity contribution < 1.29 is 4.74 Å². The minimum absolute atomic E-state index is 0.298. The van der Waals surface area contributed by atoms with Crippen LogP contribution in [0.5, 0.6) is 5.75 Å². The molecule has 0 aromatic heterocycles. The molecular weight excluding hydrogens is 238 g/mol. The van der Waals surface area contributed by atoms with E-state index in [4.69, 9.17) is 10.5 Å². The van der Waals surface area contributed by atoms with Gasteiger partial charge in [-0.25, -0.2) is 0 Å². The number of hydrogen-bond acceptors (Lipinski definition) is 4. The normalized spacial score (nSPS) is 18.4. The predicted molar refractivity (Wildman–Crippen MR) is 79.9 cm³/mol. The summed E-state index contributed by atoms with van der Waals surface area (Å²) in [5.74, 6) is 0.964. The zero-order chi connectivity index (χ0) is 13.7. The van der Waals surface area contributed by atoms with Gasteiger partial charge in [-0.15, -0.1) is 0 Å². The molecule has 1 fully saturated rings. The maximum absolute atomic E-state index is 5.81. The fraction of sp³-hybridized carbons (Fsp3) is 0.600. The van der Waals surface area contributed by atoms with E-state index < -0.39 is 0 Å². The standard InChI is InChI=1S/C15H25N3O/c1-13(16)7-8-17-9-11-18(12-10-17)14-5-3-4-6-15(14)19-2/h3-6,13H,7-12,16H2,1-2H3. The molecule has 1 aliphatic heterocycles. The van der Waals surface area contributed by atoms with Gasteiger partial charge in [0.1, 0.15) is 5.75 Å². The van der Waals surface area contributed by atoms with E-state index in [2.05, 4.69) is 28.9 Å². The van der Waals surface area contributed by atoms with Crippen molar-refractivity contribution in [1.82, 2.24) is 4.90 Å². The first-order valence-corrected chi connectivity index (χ1v) is 7.06. The first-order chi connectivity index (χ1) is 9.20. The molecule has 0 bridgehead atoms. The maximum atomic E-state index is 5.81. The van der Waals surface area contributed by atoms with Gasteiger partial charge in [-0.3, -0.25) is 4.90 Å². The van der Waals surface area contributed by atoms with Crippen LogP contribution in [0.15, 0.2) is 24.3 Å². The van der Waals surface area contributed by atoms with Gasteiger partial charge >= 0.3 is 0 Å². The van der Waals surface area contributed by atoms with Crippen LogP contribution in [0.1, 0.15) is 13.3 Å². The number of hydrogen-bond donors (Lipinski definition) is 1. The Bertz CT molecular complexity index is 387. The Morgan fingerprint density at radius 2 is 1.89 bits per heavy atom. The number of ether oxygens (including phenoxy) is 1. The van der Waals surface area contributed by atoms with Gasteiger partial charge in [0, 0.05) is 32.2 Å². The second-order valence-corrected chi connectivity index (χ2v) is 5.27. The van der Waals surface area contributed by atoms with E-state index >= 15 is 0 Å². The van der Waals surface area contributed by atoms with Crippen LogP contribution in [-0.2, 0) is 0 Å². The van der Waals surface area contributed by atoms with Gasteiger partial charge in [0.05, 0.1) is 12.8 Å². The van der Waals surface area contributed by atoms with Crippen molar-refractivity contribution >= 4 is 5.69 Å². The summed E-state index contributed by atoms with van der Waals surface area (Å²) in [5.41, 5.74) is 7.02. The lowest BCUT2D eigenvalue weighted by Gasteiger charge is -2.36. The van der Waals surface area contributed by atoms with Gasteiger partial charge < -0.3 is 15.4 Å². The molecule has 0 aliphatic carbocycles. The zero-order valence-electron chi connectivity index (χ0n) is 12.0. The van der Waals surface area contributed by atoms with E-state index in [-0.39, 0.29) is 0 Å². The summed E-state index contributed by atoms with van der Waals surface area (Å²) >= 11 is 0. The van der Waals surface area contributed by atoms with Crippen LogP contribution < -0.4 is 15.4 Å². The van der Waals surface area contributed by atoms with Crippen LogP contribution in [0, 0.1) is 0 Å². The third kappa shape index (κ3) is 3.85. The van der Waals surface area contributed by atoms with E-state index in [0.29, 0.717) is 6.04 Å². The molecule has 4 nitrogen and oxygen atoms in total. The fourth-order valence-electron chi connectivity index (χ4n) is 2.49. The Kier molecular flexibility index (Phi) is 5.05. The van der Waals surface area contributed by atoms with Gasteiger partial charge in [-0.2, -0.15) is 0 Å². The zero-order valence-corrected chi connectivity index (χ0v) is 12.0. The molecule has 0 spiro atoms. The summed E-state index contributed by atoms with van der Waals surface area (Å²) in [6.45, 7) is 7.50. The Morgan fingerprint density at radius 1 is 1.21 bits per heavy atom. The lowest BCUT2D eigenvalue weighted by molar-refractivity contribution is 0.249. The third-order valence-electron chi connectivity index (χ3n) is 3.70. The van der Waals surface area contributed by atoms with Crippen molar-refractivity contribution in [3.63, 3.8) is 0 Å². The maximum Gasteiger partial charge on any atom is 0.142 e. The number of para-hydroxylation sites is 2. The first kappa shape index (κ1) is 14.2. The van der Waals surface area contributed by atoms with Crippen molar-refractivity contribution in [2.24, 2.45) is 5.73 Å². The molecule has 1 aromatic rings. The van der Waals surface area contributed by atoms with E-state index in [0.717, 1.165) is 44.9 Å². The van der Waals surface area contributed by atoms with Gasteiger partial charge in [-0.05, 0) is 32.0 Å². The summed E-state index contributed by atoms with van der Waals surface area (Å²) in [4.78, 5) is 4.90. The van der Waals surface area contributed by atoms with Crippen LogP contribution in [0.2, 0.25) is 0 Å². The molecule has 2 rings (SSSR count). The molecule has 0 radical (unpaired) electrons. The minimum atomic E-state index is 0.298. The van der Waals surface area contributed by atoms with Crippen LogP contribution in [0.4, 0.5) is 5.69 Å². The van der Waals surface area contributed by atoms with Gasteiger partial charge in [0.25, 0.3) is 0 Å². The molecule has 1 saturated heterocycles. The second-order valence-electron chi connectivity index (χ2n) is 5.27. The van der Waals surface area contributed by atoms with Crippen molar-refractivity contribution in [2.75, 3.05) is 44.7 Å². The Hall–Kier alpha value is -1.26. The lowest BCUT2D eigenvalue weighted by atomic mass is 10.2. The smallest absolute Gasteiger partial charge is 0.142 e. The van der Waals surface area contributed by atoms with Crippen molar-refractivity contribution in [3.8, 4) is 5.75 Å². The van der Waals surface area contributed by atoms with Crippen molar-refractivity contribution in [3.05, 3.63) is 24.3 Å². The van der Waals surface area contributed by atoms with Gasteiger partial charge in [-0.1, -0.05) is 12.1 Å². The minimum Gasteiger partial charge on any atom is -0.495 e. The highest BCUT2D eigenvalue weighted by Crippen LogP contribution is 2.28. The van der Waals surface area contributed by atoms with Gasteiger partial charge in [0.15, 0.2) is 0 Å². The molecule has 1 heterocycles. The number of nitrogens with zero attached hydrogens (tertiary/aromatic N) is 2. The first-order valence-electron chi connectivity index (χ1n) is 7.06. The summed E-state index contributed by atoms with van der Waals surface area (Å²) in [7, 11) is 1.73. The van der Waals surface area contributed by atoms with Gasteiger partial charge in [0.2, 0.25) is 0 Å². The van der Waals surface area contributed by atoms with E-state index in [1.807, 2.05) is 12.1 Å². The average molecular weight is 263 g/mol. The second kappa shape index (κ2) is 6.78. The monoisotopic (exact) mass is 263 g/mol. The van der Waals surface area contributed by atoms with Crippen LogP contribution in [-0.4, -0.2) is 50.8 Å². The van der Waals surface area contributed by atoms with Crippen molar-refractivity contribution in [1.29, 1.82) is 0 Å². The number of anilines is 1. The molecule has 2 N–H and O–H groups in total. The molecule has 19 heavy (non-hydrogen) atoms. The quantitative estimate of drug-likeness (QED) is 0.875. The molecule has 1 aliphatic rings. The molecule has 1 atom stereocenters. The Labute approximate surface area is 116 Å². The number of methoxy groups -OCH3 is 1. The molecule has 1 aromatic carbocycles. The summed E-state index contributed by atoms with van der Waals surface area (Å²) in [6.07, 6.45) is 1.08. The number of benzene rings is 1. The number of piperazine rings is 1. The van der Waals surface area contributed by atoms with E-state index in [9.17, 15) is 0 Å². The average Bonchev–Trinajstić information content (AvgIpc) is 2.45. The summed E-state index contributed by atoms with van der Waals surface area (Å²) < 4.78 is 5.43. The Morgan fingerprint density at radius 3 is 2.53 bits per heavy atom. The van der Waals surface area contributed by atoms with Crippen LogP contribution >= 0.6 is 0 Å². The SMILES string of the molecule is COc1ccccc1N1CCN(CCC(C)N)CC1. The highest BCUT2D eigenvalue weighted by atomic mass is 16.5. The topological polar surface area (TPSA) is 41.7 Å². The van der Waals surface area contributed by atoms with Crippen molar-refractivity contribution in [2.45, 2.75) is 19.4 Å². The molecular formula is C15H25N3O. The molecule has 4 heteroatoms. The molecule has 0 amide bonds. The van der Waals surface area contributed by atoms with E-state index in [1.54, 1.807) is 7.11 Å². The molecule has 0 saturated carbocycles. The highest BCUT2D eigenvalue weighted by Gasteiger charge is 2.19. The molecule has 1 unspecified atom stereocenters. The van der Waals surface area contributed by atoms with E-state index in [1.165, 1.54) is 5.69 Å². The third-order valence-corrected chi connectivity index (χ3v) is 3.70. The van der Waals surface area contributed by atoms with Crippen LogP contribution in [0.25, 0.3) is 0 Å². The molecule has 106 valence electrons.